The number of aliphatic hydroxyl groups excluding tert-OH is 1. The highest BCUT2D eigenvalue weighted by molar-refractivity contribution is 14.2. The van der Waals surface area contributed by atoms with E-state index in [9.17, 15) is 5.11 Å². The molecule has 0 rings (SSSR count). The van der Waals surface area contributed by atoms with Crippen molar-refractivity contribution in [3.8, 4) is 0 Å². The van der Waals surface area contributed by atoms with Crippen LogP contribution in [0.2, 0.25) is 0 Å². The zero-order chi connectivity index (χ0) is 9.40. The maximum atomic E-state index is 9.47. The molecule has 1 atom stereocenters. The topological polar surface area (TPSA) is 20.2 Å². The molecule has 0 aromatic rings. The van der Waals surface area contributed by atoms with E-state index in [0.29, 0.717) is 1.93 Å². The van der Waals surface area contributed by atoms with E-state index in [4.69, 9.17) is 0 Å². The Hall–Kier alpha value is 1.42. The fourth-order valence-corrected chi connectivity index (χ4v) is 1.80. The van der Waals surface area contributed by atoms with Gasteiger partial charge in [-0.1, -0.05) is 84.2 Å². The lowest BCUT2D eigenvalue weighted by molar-refractivity contribution is 0.184. The van der Waals surface area contributed by atoms with Crippen molar-refractivity contribution in [2.24, 2.45) is 0 Å². The van der Waals surface area contributed by atoms with Gasteiger partial charge in [0.2, 0.25) is 0 Å². The maximum Gasteiger partial charge on any atom is 0.0884 e. The van der Waals surface area contributed by atoms with E-state index in [-0.39, 0.29) is 6.10 Å². The molecule has 0 aliphatic heterocycles. The summed E-state index contributed by atoms with van der Waals surface area (Å²) < 4.78 is 0.367. The van der Waals surface area contributed by atoms with E-state index < -0.39 is 0 Å². The van der Waals surface area contributed by atoms with Crippen LogP contribution in [0.3, 0.4) is 0 Å². The van der Waals surface area contributed by atoms with Crippen LogP contribution in [0.15, 0.2) is 0 Å². The molecule has 3 heteroatoms. The van der Waals surface area contributed by atoms with Gasteiger partial charge in [0.1, 0.15) is 0 Å². The van der Waals surface area contributed by atoms with Gasteiger partial charge in [-0.2, -0.15) is 0 Å². The van der Waals surface area contributed by atoms with Crippen molar-refractivity contribution in [2.45, 2.75) is 53.5 Å². The van der Waals surface area contributed by atoms with Crippen molar-refractivity contribution in [2.75, 3.05) is 0 Å². The van der Waals surface area contributed by atoms with Crippen molar-refractivity contribution >= 4 is 45.2 Å². The van der Waals surface area contributed by atoms with Gasteiger partial charge in [0, 0.05) is 0 Å². The van der Waals surface area contributed by atoms with Gasteiger partial charge in [-0.3, -0.25) is 0 Å². The van der Waals surface area contributed by atoms with Gasteiger partial charge < -0.3 is 5.11 Å². The Morgan fingerprint density at radius 2 is 1.67 bits per heavy atom. The van der Waals surface area contributed by atoms with Crippen LogP contribution in [-0.2, 0) is 0 Å². The second-order valence-electron chi connectivity index (χ2n) is 3.10. The lowest BCUT2D eigenvalue weighted by atomic mass is 10.1. The zero-order valence-corrected chi connectivity index (χ0v) is 11.9. The van der Waals surface area contributed by atoms with E-state index in [1.54, 1.807) is 0 Å². The molecular weight excluding hydrogens is 378 g/mol. The number of rotatable bonds is 7. The lowest BCUT2D eigenvalue weighted by Gasteiger charge is -2.10. The Labute approximate surface area is 103 Å². The number of halogens is 2. The third kappa shape index (κ3) is 8.04. The van der Waals surface area contributed by atoms with Crippen molar-refractivity contribution in [3.05, 3.63) is 0 Å². The Morgan fingerprint density at radius 3 is 2.17 bits per heavy atom. The van der Waals surface area contributed by atoms with Crippen molar-refractivity contribution in [3.63, 3.8) is 0 Å². The summed E-state index contributed by atoms with van der Waals surface area (Å²) in [5, 5.41) is 9.47. The van der Waals surface area contributed by atoms with Gasteiger partial charge in [0.05, 0.1) is 8.04 Å². The normalized spacial score (nSPS) is 13.8. The number of aliphatic hydroxyl groups is 1. The van der Waals surface area contributed by atoms with Gasteiger partial charge in [-0.25, -0.2) is 0 Å². The van der Waals surface area contributed by atoms with Crippen LogP contribution >= 0.6 is 45.2 Å². The first-order chi connectivity index (χ1) is 5.68. The molecule has 1 unspecified atom stereocenters. The van der Waals surface area contributed by atoms with Crippen LogP contribution in [0.1, 0.15) is 45.4 Å². The Bertz CT molecular complexity index is 96.5. The van der Waals surface area contributed by atoms with E-state index in [2.05, 4.69) is 52.1 Å². The molecule has 0 saturated carbocycles. The molecule has 1 N–H and O–H groups in total. The van der Waals surface area contributed by atoms with E-state index >= 15 is 0 Å². The molecule has 0 fully saturated rings. The van der Waals surface area contributed by atoms with Crippen LogP contribution in [0.4, 0.5) is 0 Å². The van der Waals surface area contributed by atoms with Crippen LogP contribution in [0.5, 0.6) is 0 Å². The van der Waals surface area contributed by atoms with E-state index in [1.165, 1.54) is 32.1 Å². The SMILES string of the molecule is CCCCCCCC(O)C(I)I. The monoisotopic (exact) mass is 396 g/mol. The molecule has 0 amide bonds. The minimum atomic E-state index is -0.104. The molecule has 0 spiro atoms. The Kier molecular flexibility index (Phi) is 10.1. The predicted octanol–water partition coefficient (Wildman–Crippen LogP) is 3.90. The molecule has 0 aliphatic carbocycles. The summed E-state index contributed by atoms with van der Waals surface area (Å²) in [6.45, 7) is 2.22. The molecule has 74 valence electrons. The Balaban J connectivity index is 3.08. The molecule has 0 aromatic heterocycles. The molecule has 0 heterocycles. The molecule has 12 heavy (non-hydrogen) atoms. The quantitative estimate of drug-likeness (QED) is 0.393. The smallest absolute Gasteiger partial charge is 0.0884 e. The highest BCUT2D eigenvalue weighted by atomic mass is 127. The first-order valence-electron chi connectivity index (χ1n) is 4.64. The highest BCUT2D eigenvalue weighted by Gasteiger charge is 2.10. The maximum absolute atomic E-state index is 9.47. The van der Waals surface area contributed by atoms with E-state index in [1.807, 2.05) is 0 Å². The summed E-state index contributed by atoms with van der Waals surface area (Å²) in [5.41, 5.74) is 0. The third-order valence-corrected chi connectivity index (χ3v) is 3.55. The standard InChI is InChI=1S/C9H18I2O/c1-2-3-4-5-6-7-8(12)9(10)11/h8-9,12H,2-7H2,1H3. The van der Waals surface area contributed by atoms with Crippen molar-refractivity contribution < 1.29 is 5.11 Å². The van der Waals surface area contributed by atoms with Gasteiger partial charge in [0.15, 0.2) is 0 Å². The molecule has 0 aliphatic rings. The van der Waals surface area contributed by atoms with Gasteiger partial charge >= 0.3 is 0 Å². The number of hydrogen-bond acceptors (Lipinski definition) is 1. The summed E-state index contributed by atoms with van der Waals surface area (Å²) in [5.74, 6) is 0. The van der Waals surface area contributed by atoms with Crippen LogP contribution in [0, 0.1) is 0 Å². The first kappa shape index (κ1) is 13.4. The fourth-order valence-electron chi connectivity index (χ4n) is 1.08. The summed E-state index contributed by atoms with van der Waals surface area (Å²) in [6, 6.07) is 0. The number of alkyl halides is 2. The van der Waals surface area contributed by atoms with Crippen LogP contribution < -0.4 is 0 Å². The third-order valence-electron chi connectivity index (χ3n) is 1.89. The van der Waals surface area contributed by atoms with Crippen molar-refractivity contribution in [1.29, 1.82) is 0 Å². The van der Waals surface area contributed by atoms with E-state index in [0.717, 1.165) is 6.42 Å². The van der Waals surface area contributed by atoms with Gasteiger partial charge in [0.25, 0.3) is 0 Å². The minimum absolute atomic E-state index is 0.104. The fraction of sp³-hybridized carbons (Fsp3) is 1.00. The molecule has 1 nitrogen and oxygen atoms in total. The largest absolute Gasteiger partial charge is 0.391 e. The highest BCUT2D eigenvalue weighted by Crippen LogP contribution is 2.19. The van der Waals surface area contributed by atoms with Gasteiger partial charge in [-0.15, -0.1) is 0 Å². The van der Waals surface area contributed by atoms with Crippen LogP contribution in [-0.4, -0.2) is 13.1 Å². The molecule has 0 radical (unpaired) electrons. The van der Waals surface area contributed by atoms with Gasteiger partial charge in [-0.05, 0) is 6.42 Å². The lowest BCUT2D eigenvalue weighted by Crippen LogP contribution is -2.13. The Morgan fingerprint density at radius 1 is 1.08 bits per heavy atom. The summed E-state index contributed by atoms with van der Waals surface area (Å²) in [4.78, 5) is 0. The number of unbranched alkanes of at least 4 members (excludes halogenated alkanes) is 4. The average molecular weight is 396 g/mol. The number of hydrogen-bond donors (Lipinski definition) is 1. The first-order valence-corrected chi connectivity index (χ1v) is 7.13. The second kappa shape index (κ2) is 8.99. The average Bonchev–Trinajstić information content (AvgIpc) is 2.03. The molecule has 0 bridgehead atoms. The molecule has 0 aromatic carbocycles. The van der Waals surface area contributed by atoms with Crippen LogP contribution in [0.25, 0.3) is 0 Å². The second-order valence-corrected chi connectivity index (χ2v) is 8.17. The zero-order valence-electron chi connectivity index (χ0n) is 7.60. The minimum Gasteiger partial charge on any atom is -0.391 e. The molecular formula is C9H18I2O. The predicted molar refractivity (Wildman–Crippen MR) is 71.2 cm³/mol. The van der Waals surface area contributed by atoms with Crippen molar-refractivity contribution in [1.82, 2.24) is 0 Å². The summed E-state index contributed by atoms with van der Waals surface area (Å²) in [6.07, 6.45) is 7.30. The molecule has 0 saturated heterocycles. The summed E-state index contributed by atoms with van der Waals surface area (Å²) in [7, 11) is 0. The summed E-state index contributed by atoms with van der Waals surface area (Å²) >= 11 is 4.55.